The molecule has 16 heteroatoms. The average molecular weight is 488 g/mol. The van der Waals surface area contributed by atoms with Crippen LogP contribution in [0.25, 0.3) is 0 Å². The van der Waals surface area contributed by atoms with E-state index in [0.717, 1.165) is 0 Å². The summed E-state index contributed by atoms with van der Waals surface area (Å²) in [6.07, 6.45) is 0.391. The van der Waals surface area contributed by atoms with Crippen LogP contribution in [0.4, 0.5) is 0 Å². The van der Waals surface area contributed by atoms with Crippen molar-refractivity contribution < 1.29 is 26.8 Å². The zero-order valence-electron chi connectivity index (χ0n) is 20.0. The quantitative estimate of drug-likeness (QED) is 0.335. The summed E-state index contributed by atoms with van der Waals surface area (Å²) < 4.78 is 30.6. The monoisotopic (exact) mass is 488 g/mol. The Morgan fingerprint density at radius 2 is 0.686 bits per heavy atom. The van der Waals surface area contributed by atoms with Gasteiger partial charge in [0.15, 0.2) is 0 Å². The minimum atomic E-state index is 0.238. The lowest BCUT2D eigenvalue weighted by Gasteiger charge is -1.95. The third kappa shape index (κ3) is 8.84. The summed E-state index contributed by atoms with van der Waals surface area (Å²) in [6.45, 7) is 10.9. The van der Waals surface area contributed by atoms with Crippen LogP contribution in [0, 0.1) is 41.5 Å². The first-order valence-corrected chi connectivity index (χ1v) is 10.3. The predicted octanol–water partition coefficient (Wildman–Crippen LogP) is 2.13. The second-order valence-corrected chi connectivity index (χ2v) is 6.87. The molecule has 0 aliphatic rings. The minimum absolute atomic E-state index is 0.238. The van der Waals surface area contributed by atoms with Crippen LogP contribution in [0.15, 0.2) is 22.1 Å². The summed E-state index contributed by atoms with van der Waals surface area (Å²) in [7, 11) is 0. The molecule has 0 saturated carbocycles. The number of ether oxygens (including phenoxy) is 1. The van der Waals surface area contributed by atoms with Gasteiger partial charge in [-0.1, -0.05) is 0 Å². The van der Waals surface area contributed by atoms with Crippen molar-refractivity contribution in [3.63, 3.8) is 0 Å². The molecule has 0 bridgehead atoms. The molecule has 0 fully saturated rings. The van der Waals surface area contributed by atoms with Crippen molar-refractivity contribution >= 4 is 0 Å². The summed E-state index contributed by atoms with van der Waals surface area (Å²) >= 11 is 0. The van der Waals surface area contributed by atoms with E-state index in [1.165, 1.54) is 0 Å². The Balaban J connectivity index is 0.000000156. The van der Waals surface area contributed by atoms with E-state index >= 15 is 0 Å². The highest BCUT2D eigenvalue weighted by atomic mass is 16.5. The van der Waals surface area contributed by atoms with Crippen molar-refractivity contribution in [1.82, 2.24) is 51.0 Å². The van der Waals surface area contributed by atoms with Gasteiger partial charge in [0.05, 0.1) is 0 Å². The Labute approximate surface area is 198 Å². The summed E-state index contributed by atoms with van der Waals surface area (Å²) in [5.74, 6) is 5.19. The molecule has 5 heterocycles. The lowest BCUT2D eigenvalue weighted by molar-refractivity contribution is 0.0731. The second kappa shape index (κ2) is 12.2. The van der Waals surface area contributed by atoms with Crippen molar-refractivity contribution in [1.29, 1.82) is 0 Å². The van der Waals surface area contributed by atoms with Gasteiger partial charge in [0.25, 0.3) is 0 Å². The van der Waals surface area contributed by atoms with E-state index in [1.807, 2.05) is 0 Å². The maximum atomic E-state index is 5.24. The minimum Gasteiger partial charge on any atom is -0.426 e. The number of hydrogen-bond acceptors (Lipinski definition) is 16. The third-order valence-electron chi connectivity index (χ3n) is 3.65. The number of hydrogen-bond donors (Lipinski definition) is 0. The lowest BCUT2D eigenvalue weighted by atomic mass is 10.4. The Morgan fingerprint density at radius 1 is 0.400 bits per heavy atom. The fourth-order valence-electron chi connectivity index (χ4n) is 2.36. The molecule has 0 radical (unpaired) electrons. The maximum absolute atomic E-state index is 5.24. The molecule has 0 aliphatic heterocycles. The van der Waals surface area contributed by atoms with E-state index in [9.17, 15) is 0 Å². The molecule has 0 atom stereocenters. The van der Waals surface area contributed by atoms with E-state index in [4.69, 9.17) is 26.8 Å². The lowest BCUT2D eigenvalue weighted by Crippen LogP contribution is -1.94. The first kappa shape index (κ1) is 25.3. The van der Waals surface area contributed by atoms with Crippen LogP contribution < -0.4 is 0 Å². The number of nitrogens with zero attached hydrogens (tertiary/aromatic N) is 10. The summed E-state index contributed by atoms with van der Waals surface area (Å²) in [4.78, 5) is 0. The highest BCUT2D eigenvalue weighted by Crippen LogP contribution is 2.06. The van der Waals surface area contributed by atoms with E-state index in [0.29, 0.717) is 65.3 Å². The van der Waals surface area contributed by atoms with Crippen molar-refractivity contribution in [3.8, 4) is 0 Å². The van der Waals surface area contributed by atoms with Crippen LogP contribution in [-0.2, 0) is 24.4 Å². The van der Waals surface area contributed by atoms with Gasteiger partial charge in [0.1, 0.15) is 19.6 Å². The van der Waals surface area contributed by atoms with Crippen LogP contribution in [-0.4, -0.2) is 51.0 Å². The Bertz CT molecular complexity index is 1210. The van der Waals surface area contributed by atoms with Gasteiger partial charge in [0.2, 0.25) is 58.9 Å². The molecule has 0 spiro atoms. The average Bonchev–Trinajstić information content (AvgIpc) is 3.62. The van der Waals surface area contributed by atoms with Gasteiger partial charge in [0, 0.05) is 41.5 Å². The van der Waals surface area contributed by atoms with Gasteiger partial charge in [-0.2, -0.15) is 0 Å². The molecule has 0 aliphatic carbocycles. The predicted molar refractivity (Wildman–Crippen MR) is 111 cm³/mol. The first-order chi connectivity index (χ1) is 16.8. The van der Waals surface area contributed by atoms with Crippen molar-refractivity contribution in [2.24, 2.45) is 0 Å². The van der Waals surface area contributed by atoms with Gasteiger partial charge in [-0.3, -0.25) is 0 Å². The van der Waals surface area contributed by atoms with Crippen LogP contribution in [0.5, 0.6) is 0 Å². The maximum Gasteiger partial charge on any atom is 0.242 e. The van der Waals surface area contributed by atoms with Gasteiger partial charge in [-0.15, -0.1) is 51.0 Å². The van der Waals surface area contributed by atoms with Crippen molar-refractivity contribution in [2.45, 2.75) is 61.2 Å². The number of aryl methyl sites for hydroxylation is 6. The second-order valence-electron chi connectivity index (χ2n) is 6.87. The molecule has 5 aromatic rings. The molecule has 5 rings (SSSR count). The van der Waals surface area contributed by atoms with Crippen LogP contribution in [0.2, 0.25) is 0 Å². The van der Waals surface area contributed by atoms with E-state index < -0.39 is 0 Å². The standard InChI is InChI=1S/C8H10N4O3.C7H8N4O2.C4H6N2O/c1-5-9-11-7(14-5)3-13-4-8-12-10-6(2)15-8;1-4-8-10-6(12-4)3-7-11-9-5(2)13-7;1-3-5-6-4(2)7-3/h3-4H2,1-2H3;3H2,1-2H3;1-2H3. The zero-order valence-corrected chi connectivity index (χ0v) is 20.0. The highest BCUT2D eigenvalue weighted by molar-refractivity contribution is 4.91. The molecule has 0 unspecified atom stereocenters. The molecular formula is C19H24N10O6. The van der Waals surface area contributed by atoms with E-state index in [-0.39, 0.29) is 13.2 Å². The van der Waals surface area contributed by atoms with Crippen molar-refractivity contribution in [3.05, 3.63) is 58.9 Å². The molecule has 0 saturated heterocycles. The highest BCUT2D eigenvalue weighted by Gasteiger charge is 2.09. The SMILES string of the molecule is Cc1nnc(C)o1.Cc1nnc(COCc2nnc(C)o2)o1.Cc1nnc(Cc2nnc(C)o2)o1. The largest absolute Gasteiger partial charge is 0.426 e. The molecule has 5 aromatic heterocycles. The Kier molecular flexibility index (Phi) is 8.82. The van der Waals surface area contributed by atoms with Gasteiger partial charge >= 0.3 is 0 Å². The van der Waals surface area contributed by atoms with E-state index in [1.54, 1.807) is 41.5 Å². The molecule has 186 valence electrons. The van der Waals surface area contributed by atoms with Gasteiger partial charge < -0.3 is 26.8 Å². The van der Waals surface area contributed by atoms with Crippen LogP contribution >= 0.6 is 0 Å². The molecule has 0 N–H and O–H groups in total. The number of rotatable bonds is 6. The fourth-order valence-corrected chi connectivity index (χ4v) is 2.36. The zero-order chi connectivity index (χ0) is 25.2. The Morgan fingerprint density at radius 3 is 0.943 bits per heavy atom. The summed E-state index contributed by atoms with van der Waals surface area (Å²) in [5, 5.41) is 37.1. The first-order valence-electron chi connectivity index (χ1n) is 10.3. The fraction of sp³-hybridized carbons (Fsp3) is 0.474. The van der Waals surface area contributed by atoms with E-state index in [2.05, 4.69) is 51.0 Å². The molecule has 35 heavy (non-hydrogen) atoms. The molecule has 0 amide bonds. The van der Waals surface area contributed by atoms with Crippen LogP contribution in [0.1, 0.15) is 58.9 Å². The smallest absolute Gasteiger partial charge is 0.242 e. The summed E-state index contributed by atoms with van der Waals surface area (Å²) in [6, 6.07) is 0. The number of aromatic nitrogens is 10. The normalized spacial score (nSPS) is 10.5. The Hall–Kier alpha value is -4.34. The van der Waals surface area contributed by atoms with Gasteiger partial charge in [-0.25, -0.2) is 0 Å². The molecular weight excluding hydrogens is 464 g/mol. The third-order valence-corrected chi connectivity index (χ3v) is 3.65. The van der Waals surface area contributed by atoms with Crippen molar-refractivity contribution in [2.75, 3.05) is 0 Å². The summed E-state index contributed by atoms with van der Waals surface area (Å²) in [5.41, 5.74) is 0. The topological polar surface area (TPSA) is 204 Å². The van der Waals surface area contributed by atoms with Gasteiger partial charge in [-0.05, 0) is 0 Å². The molecule has 0 aromatic carbocycles. The molecule has 16 nitrogen and oxygen atoms in total. The van der Waals surface area contributed by atoms with Crippen LogP contribution in [0.3, 0.4) is 0 Å².